The molecule has 1 amide bonds. The summed E-state index contributed by atoms with van der Waals surface area (Å²) in [5.41, 5.74) is 7.57. The maximum atomic E-state index is 12.0. The van der Waals surface area contributed by atoms with Gasteiger partial charge in [-0.3, -0.25) is 4.79 Å². The van der Waals surface area contributed by atoms with Gasteiger partial charge < -0.3 is 15.8 Å². The molecule has 3 N–H and O–H groups in total. The van der Waals surface area contributed by atoms with Crippen LogP contribution in [0.1, 0.15) is 12.8 Å². The van der Waals surface area contributed by atoms with Crippen LogP contribution in [-0.4, -0.2) is 30.6 Å². The summed E-state index contributed by atoms with van der Waals surface area (Å²) in [6, 6.07) is 7.08. The highest BCUT2D eigenvalue weighted by atomic mass is 32.1. The lowest BCUT2D eigenvalue weighted by Crippen LogP contribution is -2.35. The van der Waals surface area contributed by atoms with Crippen LogP contribution in [0.3, 0.4) is 0 Å². The zero-order valence-electron chi connectivity index (χ0n) is 11.9. The smallest absolute Gasteiger partial charge is 0.241 e. The summed E-state index contributed by atoms with van der Waals surface area (Å²) >= 11 is 1.56. The third-order valence-electron chi connectivity index (χ3n) is 3.01. The van der Waals surface area contributed by atoms with Gasteiger partial charge in [-0.05, 0) is 25.0 Å². The summed E-state index contributed by atoms with van der Waals surface area (Å²) in [6.45, 7) is 0.612. The monoisotopic (exact) mass is 305 g/mol. The van der Waals surface area contributed by atoms with E-state index in [-0.39, 0.29) is 5.91 Å². The van der Waals surface area contributed by atoms with Crippen molar-refractivity contribution in [1.29, 1.82) is 0 Å². The molecule has 6 heteroatoms. The minimum atomic E-state index is -0.524. The maximum absolute atomic E-state index is 12.0. The normalized spacial score (nSPS) is 12.1. The number of nitrogens with zero attached hydrogens (tertiary/aromatic N) is 1. The molecule has 1 heterocycles. The van der Waals surface area contributed by atoms with E-state index in [1.54, 1.807) is 24.6 Å². The molecule has 1 aromatic carbocycles. The topological polar surface area (TPSA) is 77.2 Å². The fraction of sp³-hybridized carbons (Fsp3) is 0.333. The Morgan fingerprint density at radius 3 is 3.10 bits per heavy atom. The number of methoxy groups -OCH3 is 1. The van der Waals surface area contributed by atoms with Gasteiger partial charge in [-0.15, -0.1) is 11.3 Å². The molecule has 2 aromatic rings. The van der Waals surface area contributed by atoms with Crippen LogP contribution in [0.15, 0.2) is 35.8 Å². The number of carbonyl (C=O) groups is 1. The van der Waals surface area contributed by atoms with Crippen molar-refractivity contribution in [3.8, 4) is 10.6 Å². The summed E-state index contributed by atoms with van der Waals surface area (Å²) in [5.74, 6) is -0.178. The van der Waals surface area contributed by atoms with Crippen molar-refractivity contribution in [2.24, 2.45) is 5.73 Å². The second kappa shape index (κ2) is 7.87. The first-order valence-electron chi connectivity index (χ1n) is 6.76. The largest absolute Gasteiger partial charge is 0.385 e. The first kappa shape index (κ1) is 15.6. The standard InChI is InChI=1S/C15H19N3O2S/c1-20-8-3-6-13(16)14(19)18-12-5-2-4-11(10-12)15-17-7-9-21-15/h2,4-5,7,9-10,13H,3,6,8,16H2,1H3,(H,18,19). The fourth-order valence-electron chi connectivity index (χ4n) is 1.91. The molecule has 5 nitrogen and oxygen atoms in total. The first-order chi connectivity index (χ1) is 10.2. The van der Waals surface area contributed by atoms with Crippen molar-refractivity contribution >= 4 is 22.9 Å². The lowest BCUT2D eigenvalue weighted by atomic mass is 10.1. The highest BCUT2D eigenvalue weighted by Gasteiger charge is 2.13. The van der Waals surface area contributed by atoms with Gasteiger partial charge in [-0.25, -0.2) is 4.98 Å². The summed E-state index contributed by atoms with van der Waals surface area (Å²) in [4.78, 5) is 16.3. The third-order valence-corrected chi connectivity index (χ3v) is 3.83. The van der Waals surface area contributed by atoms with E-state index in [2.05, 4.69) is 10.3 Å². The molecule has 2 rings (SSSR count). The molecule has 0 radical (unpaired) electrons. The van der Waals surface area contributed by atoms with Crippen LogP contribution in [0.4, 0.5) is 5.69 Å². The van der Waals surface area contributed by atoms with Gasteiger partial charge in [0, 0.05) is 36.5 Å². The number of aromatic nitrogens is 1. The number of nitrogens with one attached hydrogen (secondary N) is 1. The average molecular weight is 305 g/mol. The molecular formula is C15H19N3O2S. The van der Waals surface area contributed by atoms with E-state index in [0.29, 0.717) is 13.0 Å². The van der Waals surface area contributed by atoms with Crippen LogP contribution >= 0.6 is 11.3 Å². The van der Waals surface area contributed by atoms with Crippen molar-refractivity contribution in [2.45, 2.75) is 18.9 Å². The number of hydrogen-bond acceptors (Lipinski definition) is 5. The maximum Gasteiger partial charge on any atom is 0.241 e. The lowest BCUT2D eigenvalue weighted by molar-refractivity contribution is -0.117. The number of carbonyl (C=O) groups excluding carboxylic acids is 1. The Morgan fingerprint density at radius 1 is 1.52 bits per heavy atom. The van der Waals surface area contributed by atoms with Crippen molar-refractivity contribution < 1.29 is 9.53 Å². The van der Waals surface area contributed by atoms with Crippen LogP contribution in [0.25, 0.3) is 10.6 Å². The number of ether oxygens (including phenoxy) is 1. The molecule has 112 valence electrons. The molecule has 1 atom stereocenters. The van der Waals surface area contributed by atoms with E-state index >= 15 is 0 Å². The minimum absolute atomic E-state index is 0.178. The van der Waals surface area contributed by atoms with E-state index < -0.39 is 6.04 Å². The Bertz CT molecular complexity index is 572. The van der Waals surface area contributed by atoms with Crippen LogP contribution in [0.5, 0.6) is 0 Å². The predicted octanol–water partition coefficient (Wildman–Crippen LogP) is 2.50. The van der Waals surface area contributed by atoms with E-state index in [0.717, 1.165) is 22.7 Å². The van der Waals surface area contributed by atoms with Gasteiger partial charge in [0.2, 0.25) is 5.91 Å². The Kier molecular flexibility index (Phi) is 5.86. The quantitative estimate of drug-likeness (QED) is 0.771. The van der Waals surface area contributed by atoms with Gasteiger partial charge in [0.05, 0.1) is 6.04 Å². The first-order valence-corrected chi connectivity index (χ1v) is 7.64. The van der Waals surface area contributed by atoms with E-state index in [1.165, 1.54) is 0 Å². The van der Waals surface area contributed by atoms with E-state index in [4.69, 9.17) is 10.5 Å². The van der Waals surface area contributed by atoms with Gasteiger partial charge >= 0.3 is 0 Å². The highest BCUT2D eigenvalue weighted by Crippen LogP contribution is 2.24. The Balaban J connectivity index is 1.96. The van der Waals surface area contributed by atoms with E-state index in [1.807, 2.05) is 29.6 Å². The Morgan fingerprint density at radius 2 is 2.38 bits per heavy atom. The van der Waals surface area contributed by atoms with Crippen LogP contribution in [0, 0.1) is 0 Å². The molecule has 0 aliphatic carbocycles. The molecule has 0 saturated heterocycles. The molecule has 0 aliphatic heterocycles. The van der Waals surface area contributed by atoms with Crippen LogP contribution in [-0.2, 0) is 9.53 Å². The summed E-state index contributed by atoms with van der Waals surface area (Å²) < 4.78 is 4.95. The highest BCUT2D eigenvalue weighted by molar-refractivity contribution is 7.13. The molecule has 0 fully saturated rings. The number of hydrogen-bond donors (Lipinski definition) is 2. The second-order valence-electron chi connectivity index (χ2n) is 4.65. The molecule has 0 spiro atoms. The van der Waals surface area contributed by atoms with Gasteiger partial charge in [-0.2, -0.15) is 0 Å². The summed E-state index contributed by atoms with van der Waals surface area (Å²) in [5, 5.41) is 5.69. The van der Waals surface area contributed by atoms with Crippen molar-refractivity contribution in [3.63, 3.8) is 0 Å². The van der Waals surface area contributed by atoms with E-state index in [9.17, 15) is 4.79 Å². The average Bonchev–Trinajstić information content (AvgIpc) is 3.02. The van der Waals surface area contributed by atoms with Gasteiger partial charge in [0.1, 0.15) is 5.01 Å². The fourth-order valence-corrected chi connectivity index (χ4v) is 2.55. The summed E-state index contributed by atoms with van der Waals surface area (Å²) in [7, 11) is 1.63. The number of nitrogens with two attached hydrogens (primary N) is 1. The number of anilines is 1. The van der Waals surface area contributed by atoms with Crippen LogP contribution < -0.4 is 11.1 Å². The molecular weight excluding hydrogens is 286 g/mol. The van der Waals surface area contributed by atoms with Gasteiger partial charge in [-0.1, -0.05) is 12.1 Å². The minimum Gasteiger partial charge on any atom is -0.385 e. The molecule has 1 unspecified atom stereocenters. The lowest BCUT2D eigenvalue weighted by Gasteiger charge is -2.12. The molecule has 0 aliphatic rings. The number of thiazole rings is 1. The predicted molar refractivity (Wildman–Crippen MR) is 85.3 cm³/mol. The Labute approximate surface area is 128 Å². The number of benzene rings is 1. The molecule has 21 heavy (non-hydrogen) atoms. The zero-order valence-corrected chi connectivity index (χ0v) is 12.7. The van der Waals surface area contributed by atoms with Crippen LogP contribution in [0.2, 0.25) is 0 Å². The second-order valence-corrected chi connectivity index (χ2v) is 5.54. The molecule has 1 aromatic heterocycles. The van der Waals surface area contributed by atoms with Crippen molar-refractivity contribution in [2.75, 3.05) is 19.0 Å². The molecule has 0 bridgehead atoms. The number of amides is 1. The van der Waals surface area contributed by atoms with Crippen molar-refractivity contribution in [1.82, 2.24) is 4.98 Å². The van der Waals surface area contributed by atoms with Gasteiger partial charge in [0.15, 0.2) is 0 Å². The Hall–Kier alpha value is -1.76. The SMILES string of the molecule is COCCCC(N)C(=O)Nc1cccc(-c2nccs2)c1. The van der Waals surface area contributed by atoms with Gasteiger partial charge in [0.25, 0.3) is 0 Å². The summed E-state index contributed by atoms with van der Waals surface area (Å²) in [6.07, 6.45) is 3.13. The molecule has 0 saturated carbocycles. The zero-order chi connectivity index (χ0) is 15.1. The number of rotatable bonds is 7. The third kappa shape index (κ3) is 4.63. The van der Waals surface area contributed by atoms with Crippen molar-refractivity contribution in [3.05, 3.63) is 35.8 Å².